The van der Waals surface area contributed by atoms with Crippen molar-refractivity contribution in [3.8, 4) is 0 Å². The molecule has 2 heterocycles. The maximum absolute atomic E-state index is 13.2. The van der Waals surface area contributed by atoms with Crippen molar-refractivity contribution in [1.82, 2.24) is 0 Å². The van der Waals surface area contributed by atoms with Crippen LogP contribution < -0.4 is 0 Å². The Hall–Kier alpha value is -3.01. The lowest BCUT2D eigenvalue weighted by molar-refractivity contribution is 0.000202. The largest absolute Gasteiger partial charge is 0.373 e. The molecular formula is C40H49ClO6S2. The van der Waals surface area contributed by atoms with E-state index in [0.29, 0.717) is 53.7 Å². The highest BCUT2D eigenvalue weighted by atomic mass is 35.5. The second-order valence-electron chi connectivity index (χ2n) is 13.6. The third kappa shape index (κ3) is 8.49. The first-order valence-electron chi connectivity index (χ1n) is 16.3. The van der Waals surface area contributed by atoms with Crippen LogP contribution in [-0.2, 0) is 29.1 Å². The molecule has 2 fully saturated rings. The zero-order valence-electron chi connectivity index (χ0n) is 28.3. The van der Waals surface area contributed by atoms with Gasteiger partial charge in [-0.2, -0.15) is 0 Å². The fourth-order valence-corrected chi connectivity index (χ4v) is 10.4. The van der Waals surface area contributed by atoms with Crippen LogP contribution in [0.3, 0.4) is 0 Å². The van der Waals surface area contributed by atoms with Crippen LogP contribution >= 0.6 is 11.6 Å². The Morgan fingerprint density at radius 3 is 1.37 bits per heavy atom. The third-order valence-corrected chi connectivity index (χ3v) is 15.1. The summed E-state index contributed by atoms with van der Waals surface area (Å²) in [6, 6.07) is 29.9. The van der Waals surface area contributed by atoms with Gasteiger partial charge in [-0.1, -0.05) is 85.3 Å². The van der Waals surface area contributed by atoms with Crippen LogP contribution in [0, 0.1) is 20.8 Å². The van der Waals surface area contributed by atoms with Gasteiger partial charge in [-0.25, -0.2) is 16.8 Å². The summed E-state index contributed by atoms with van der Waals surface area (Å²) in [4.78, 5) is 0.802. The molecule has 0 aliphatic carbocycles. The number of ether oxygens (including phenoxy) is 2. The Kier molecular flexibility index (Phi) is 12.3. The highest BCUT2D eigenvalue weighted by Crippen LogP contribution is 2.43. The highest BCUT2D eigenvalue weighted by molar-refractivity contribution is 7.93. The van der Waals surface area contributed by atoms with E-state index >= 15 is 0 Å². The maximum Gasteiger partial charge on any atom is 0.184 e. The van der Waals surface area contributed by atoms with Crippen LogP contribution in [-0.4, -0.2) is 39.5 Å². The number of hydrogen-bond acceptors (Lipinski definition) is 6. The predicted octanol–water partition coefficient (Wildman–Crippen LogP) is 9.76. The van der Waals surface area contributed by atoms with Gasteiger partial charge in [0.15, 0.2) is 19.7 Å². The van der Waals surface area contributed by atoms with Crippen molar-refractivity contribution in [3.05, 3.63) is 130 Å². The Morgan fingerprint density at radius 1 is 0.592 bits per heavy atom. The van der Waals surface area contributed by atoms with E-state index in [1.165, 1.54) is 5.56 Å². The van der Waals surface area contributed by atoms with Crippen LogP contribution in [0.1, 0.15) is 87.0 Å². The Labute approximate surface area is 298 Å². The van der Waals surface area contributed by atoms with Gasteiger partial charge in [0.1, 0.15) is 0 Å². The molecule has 0 saturated carbocycles. The molecular weight excluding hydrogens is 676 g/mol. The van der Waals surface area contributed by atoms with Gasteiger partial charge >= 0.3 is 0 Å². The Morgan fingerprint density at radius 2 is 0.980 bits per heavy atom. The van der Waals surface area contributed by atoms with Crippen LogP contribution in [0.25, 0.3) is 0 Å². The molecule has 9 heteroatoms. The second-order valence-corrected chi connectivity index (χ2v) is 19.0. The number of halogens is 1. The van der Waals surface area contributed by atoms with Gasteiger partial charge in [-0.05, 0) is 119 Å². The lowest BCUT2D eigenvalue weighted by atomic mass is 9.92. The molecule has 0 radical (unpaired) electrons. The second kappa shape index (κ2) is 15.5. The molecule has 49 heavy (non-hydrogen) atoms. The number of hydrogen-bond donors (Lipinski definition) is 0. The van der Waals surface area contributed by atoms with Crippen molar-refractivity contribution in [2.45, 2.75) is 99.2 Å². The number of rotatable bonds is 6. The maximum atomic E-state index is 13.2. The number of aryl methyl sites for hydroxylation is 3. The molecule has 6 nitrogen and oxygen atoms in total. The molecule has 2 aliphatic heterocycles. The summed E-state index contributed by atoms with van der Waals surface area (Å²) >= 11 is 5.94. The van der Waals surface area contributed by atoms with Crippen molar-refractivity contribution in [1.29, 1.82) is 0 Å². The average molecular weight is 725 g/mol. The molecule has 264 valence electrons. The van der Waals surface area contributed by atoms with Crippen LogP contribution in [0.2, 0.25) is 5.02 Å². The van der Waals surface area contributed by atoms with E-state index in [-0.39, 0.29) is 19.6 Å². The van der Waals surface area contributed by atoms with Gasteiger partial charge in [0.25, 0.3) is 0 Å². The van der Waals surface area contributed by atoms with Crippen molar-refractivity contribution in [2.24, 2.45) is 0 Å². The van der Waals surface area contributed by atoms with E-state index in [9.17, 15) is 16.8 Å². The fourth-order valence-electron chi connectivity index (χ4n) is 6.45. The lowest BCUT2D eigenvalue weighted by Gasteiger charge is -2.38. The van der Waals surface area contributed by atoms with E-state index in [2.05, 4.69) is 0 Å². The van der Waals surface area contributed by atoms with Gasteiger partial charge < -0.3 is 9.47 Å². The molecule has 0 bridgehead atoms. The minimum Gasteiger partial charge on any atom is -0.373 e. The zero-order valence-corrected chi connectivity index (χ0v) is 30.7. The summed E-state index contributed by atoms with van der Waals surface area (Å²) in [5.74, 6) is 0. The molecule has 4 atom stereocenters. The molecule has 2 aliphatic rings. The Bertz CT molecular complexity index is 1800. The number of benzene rings is 4. The van der Waals surface area contributed by atoms with E-state index in [1.54, 1.807) is 42.5 Å². The van der Waals surface area contributed by atoms with Gasteiger partial charge in [-0.15, -0.1) is 0 Å². The van der Waals surface area contributed by atoms with E-state index in [4.69, 9.17) is 21.1 Å². The first-order valence-corrected chi connectivity index (χ1v) is 19.7. The topological polar surface area (TPSA) is 86.7 Å². The highest BCUT2D eigenvalue weighted by Gasteiger charge is 2.46. The normalized spacial score (nSPS) is 24.2. The molecule has 0 N–H and O–H groups in total. The predicted molar refractivity (Wildman–Crippen MR) is 199 cm³/mol. The van der Waals surface area contributed by atoms with E-state index < -0.39 is 29.2 Å². The van der Waals surface area contributed by atoms with E-state index in [1.807, 2.05) is 89.2 Å². The summed E-state index contributed by atoms with van der Waals surface area (Å²) in [6.45, 7) is 10.4. The molecule has 0 amide bonds. The van der Waals surface area contributed by atoms with Crippen molar-refractivity contribution in [3.63, 3.8) is 0 Å². The van der Waals surface area contributed by atoms with Crippen molar-refractivity contribution in [2.75, 3.05) is 13.2 Å². The number of sulfone groups is 2. The van der Waals surface area contributed by atoms with Gasteiger partial charge in [0.2, 0.25) is 0 Å². The summed E-state index contributed by atoms with van der Waals surface area (Å²) in [5, 5.41) is 0.657. The van der Waals surface area contributed by atoms with Gasteiger partial charge in [0.05, 0.1) is 31.5 Å². The smallest absolute Gasteiger partial charge is 0.184 e. The molecule has 4 aromatic rings. The molecule has 0 unspecified atom stereocenters. The molecule has 0 aromatic heterocycles. The first kappa shape index (κ1) is 38.8. The summed E-state index contributed by atoms with van der Waals surface area (Å²) in [5.41, 5.74) is 5.10. The molecule has 0 spiro atoms. The lowest BCUT2D eigenvalue weighted by Crippen LogP contribution is -2.42. The van der Waals surface area contributed by atoms with Crippen molar-refractivity contribution >= 4 is 31.3 Å². The minimum absolute atomic E-state index is 0. The van der Waals surface area contributed by atoms with E-state index in [0.717, 1.165) is 22.3 Å². The summed E-state index contributed by atoms with van der Waals surface area (Å²) < 4.78 is 63.0. The summed E-state index contributed by atoms with van der Waals surface area (Å²) in [6.07, 6.45) is 1.51. The molecule has 4 aromatic carbocycles. The standard InChI is InChI=1S/C20H24O3S.C19H21ClO3S.CH4/c1-15-7-9-17(10-8-15)19-14-20(3,11-12-23-19)24(21,22)18-6-4-5-16(2)13-18;1-14-4-3-5-17(12-14)24(21,22)19(2)10-11-23-18(13-19)15-6-8-16(20)9-7-15;/h4-10,13,19H,11-12,14H2,1-3H3;3-9,12,18H,10-11,13H2,1-2H3;1H4/t19-,20+;18-,19+;/m01./s1. The van der Waals surface area contributed by atoms with Gasteiger partial charge in [0, 0.05) is 18.2 Å². The Balaban J connectivity index is 0.000000216. The van der Waals surface area contributed by atoms with Crippen molar-refractivity contribution < 1.29 is 26.3 Å². The average Bonchev–Trinajstić information content (AvgIpc) is 3.06. The van der Waals surface area contributed by atoms with Crippen LogP contribution in [0.5, 0.6) is 0 Å². The first-order chi connectivity index (χ1) is 22.6. The fraction of sp³-hybridized carbons (Fsp3) is 0.400. The molecule has 6 rings (SSSR count). The third-order valence-electron chi connectivity index (χ3n) is 9.72. The zero-order chi connectivity index (χ0) is 34.7. The van der Waals surface area contributed by atoms with Crippen LogP contribution in [0.4, 0.5) is 0 Å². The molecule has 2 saturated heterocycles. The van der Waals surface area contributed by atoms with Gasteiger partial charge in [-0.3, -0.25) is 0 Å². The minimum atomic E-state index is -3.44. The monoisotopic (exact) mass is 724 g/mol. The summed E-state index contributed by atoms with van der Waals surface area (Å²) in [7, 11) is -6.85. The van der Waals surface area contributed by atoms with Crippen LogP contribution in [0.15, 0.2) is 107 Å². The SMILES string of the molecule is C.Cc1ccc([C@@H]2C[C@](C)(S(=O)(=O)c3cccc(C)c3)CCO2)cc1.Cc1cccc(S(=O)(=O)[C@@]2(C)CCO[C@@H](c3ccc(Cl)cc3)C2)c1. The quantitative estimate of drug-likeness (QED) is 0.197.